The summed E-state index contributed by atoms with van der Waals surface area (Å²) in [6.45, 7) is 3.12. The van der Waals surface area contributed by atoms with Crippen LogP contribution in [0.1, 0.15) is 23.6 Å². The van der Waals surface area contributed by atoms with Gasteiger partial charge in [0, 0.05) is 0 Å². The summed E-state index contributed by atoms with van der Waals surface area (Å²) in [6.07, 6.45) is -1.60. The quantitative estimate of drug-likeness (QED) is 0.510. The van der Waals surface area contributed by atoms with E-state index in [1.807, 2.05) is 91.0 Å². The van der Waals surface area contributed by atoms with E-state index in [0.29, 0.717) is 19.8 Å². The summed E-state index contributed by atoms with van der Waals surface area (Å²) in [4.78, 5) is 0. The van der Waals surface area contributed by atoms with Crippen molar-refractivity contribution in [2.24, 2.45) is 0 Å². The molecule has 0 amide bonds. The topological polar surface area (TPSA) is 57.2 Å². The zero-order valence-electron chi connectivity index (χ0n) is 18.3. The van der Waals surface area contributed by atoms with Crippen LogP contribution in [0.25, 0.3) is 0 Å². The molecule has 0 saturated carbocycles. The summed E-state index contributed by atoms with van der Waals surface area (Å²) in [5.74, 6) is -1.49. The molecular formula is C27H30O5. The van der Waals surface area contributed by atoms with Crippen molar-refractivity contribution in [1.29, 1.82) is 0 Å². The van der Waals surface area contributed by atoms with Crippen molar-refractivity contribution in [1.82, 2.24) is 0 Å². The van der Waals surface area contributed by atoms with Gasteiger partial charge >= 0.3 is 0 Å². The van der Waals surface area contributed by atoms with E-state index in [0.717, 1.165) is 16.7 Å². The molecule has 1 aliphatic heterocycles. The molecular weight excluding hydrogens is 404 g/mol. The molecule has 1 heterocycles. The molecule has 4 atom stereocenters. The fraction of sp³-hybridized carbons (Fsp3) is 0.333. The van der Waals surface area contributed by atoms with E-state index in [9.17, 15) is 5.11 Å². The number of rotatable bonds is 10. The number of benzene rings is 3. The minimum absolute atomic E-state index is 0.287. The lowest BCUT2D eigenvalue weighted by atomic mass is 10.1. The van der Waals surface area contributed by atoms with Gasteiger partial charge in [-0.05, 0) is 23.6 Å². The number of hydrogen-bond acceptors (Lipinski definition) is 5. The van der Waals surface area contributed by atoms with Gasteiger partial charge in [-0.3, -0.25) is 0 Å². The van der Waals surface area contributed by atoms with Gasteiger partial charge < -0.3 is 24.1 Å². The lowest BCUT2D eigenvalue weighted by molar-refractivity contribution is -0.231. The first-order valence-electron chi connectivity index (χ1n) is 10.9. The molecule has 4 unspecified atom stereocenters. The third-order valence-corrected chi connectivity index (χ3v) is 5.53. The Bertz CT molecular complexity index is 930. The van der Waals surface area contributed by atoms with E-state index < -0.39 is 24.1 Å². The zero-order valence-corrected chi connectivity index (χ0v) is 18.3. The van der Waals surface area contributed by atoms with Crippen molar-refractivity contribution in [3.8, 4) is 0 Å². The van der Waals surface area contributed by atoms with E-state index in [1.165, 1.54) is 0 Å². The van der Waals surface area contributed by atoms with Crippen molar-refractivity contribution in [3.63, 3.8) is 0 Å². The zero-order chi connectivity index (χ0) is 22.2. The summed E-state index contributed by atoms with van der Waals surface area (Å²) < 4.78 is 24.3. The number of hydrogen-bond donors (Lipinski definition) is 1. The van der Waals surface area contributed by atoms with Crippen LogP contribution in [0, 0.1) is 0 Å². The Balaban J connectivity index is 1.44. The minimum Gasteiger partial charge on any atom is -0.374 e. The van der Waals surface area contributed by atoms with E-state index in [4.69, 9.17) is 18.9 Å². The van der Waals surface area contributed by atoms with Gasteiger partial charge in [0.05, 0.1) is 26.4 Å². The highest BCUT2D eigenvalue weighted by Crippen LogP contribution is 2.34. The van der Waals surface area contributed by atoms with Crippen LogP contribution in [-0.2, 0) is 38.8 Å². The maximum absolute atomic E-state index is 11.0. The molecule has 32 heavy (non-hydrogen) atoms. The highest BCUT2D eigenvalue weighted by Gasteiger charge is 2.53. The highest BCUT2D eigenvalue weighted by molar-refractivity contribution is 5.15. The maximum Gasteiger partial charge on any atom is 0.192 e. The molecule has 1 aliphatic rings. The van der Waals surface area contributed by atoms with Crippen LogP contribution in [-0.4, -0.2) is 35.8 Å². The van der Waals surface area contributed by atoms with Crippen LogP contribution in [0.15, 0.2) is 91.0 Å². The number of aliphatic hydroxyl groups is 1. The van der Waals surface area contributed by atoms with Crippen molar-refractivity contribution < 1.29 is 24.1 Å². The largest absolute Gasteiger partial charge is 0.374 e. The fourth-order valence-corrected chi connectivity index (χ4v) is 3.91. The molecule has 0 spiro atoms. The van der Waals surface area contributed by atoms with Crippen molar-refractivity contribution in [3.05, 3.63) is 108 Å². The smallest absolute Gasteiger partial charge is 0.192 e. The predicted octanol–water partition coefficient (Wildman–Crippen LogP) is 4.48. The van der Waals surface area contributed by atoms with E-state index in [1.54, 1.807) is 6.92 Å². The Morgan fingerprint density at radius 1 is 0.719 bits per heavy atom. The third kappa shape index (κ3) is 6.03. The lowest BCUT2D eigenvalue weighted by Gasteiger charge is -2.27. The molecule has 4 rings (SSSR count). The molecule has 0 bridgehead atoms. The van der Waals surface area contributed by atoms with Gasteiger partial charge in [0.25, 0.3) is 0 Å². The Morgan fingerprint density at radius 3 is 1.72 bits per heavy atom. The predicted molar refractivity (Wildman–Crippen MR) is 122 cm³/mol. The second-order valence-electron chi connectivity index (χ2n) is 8.19. The van der Waals surface area contributed by atoms with E-state index >= 15 is 0 Å². The highest BCUT2D eigenvalue weighted by atomic mass is 16.7. The molecule has 5 nitrogen and oxygen atoms in total. The molecule has 0 aromatic heterocycles. The van der Waals surface area contributed by atoms with Crippen LogP contribution in [0.3, 0.4) is 0 Å². The lowest BCUT2D eigenvalue weighted by Crippen LogP contribution is -2.44. The monoisotopic (exact) mass is 434 g/mol. The summed E-state index contributed by atoms with van der Waals surface area (Å²) in [5, 5.41) is 11.0. The van der Waals surface area contributed by atoms with Gasteiger partial charge in [-0.1, -0.05) is 91.0 Å². The third-order valence-electron chi connectivity index (χ3n) is 5.53. The number of ether oxygens (including phenoxy) is 4. The first kappa shape index (κ1) is 22.6. The molecule has 168 valence electrons. The van der Waals surface area contributed by atoms with E-state index in [-0.39, 0.29) is 6.61 Å². The molecule has 0 aliphatic carbocycles. The fourth-order valence-electron chi connectivity index (χ4n) is 3.91. The Hall–Kier alpha value is -2.54. The molecule has 1 fully saturated rings. The van der Waals surface area contributed by atoms with Crippen LogP contribution < -0.4 is 0 Å². The molecule has 1 saturated heterocycles. The average molecular weight is 435 g/mol. The first-order chi connectivity index (χ1) is 15.6. The summed E-state index contributed by atoms with van der Waals surface area (Å²) in [5.41, 5.74) is 3.15. The van der Waals surface area contributed by atoms with Gasteiger partial charge in [0.1, 0.15) is 18.3 Å². The van der Waals surface area contributed by atoms with Gasteiger partial charge in [0.15, 0.2) is 5.79 Å². The van der Waals surface area contributed by atoms with E-state index in [2.05, 4.69) is 0 Å². The Labute approximate surface area is 189 Å². The van der Waals surface area contributed by atoms with Crippen molar-refractivity contribution in [2.45, 2.75) is 50.8 Å². The Kier molecular flexibility index (Phi) is 7.68. The van der Waals surface area contributed by atoms with Gasteiger partial charge in [-0.15, -0.1) is 0 Å². The summed E-state index contributed by atoms with van der Waals surface area (Å²) >= 11 is 0. The van der Waals surface area contributed by atoms with Gasteiger partial charge in [-0.25, -0.2) is 0 Å². The normalized spacial score (nSPS) is 25.1. The van der Waals surface area contributed by atoms with Crippen LogP contribution >= 0.6 is 0 Å². The molecule has 0 radical (unpaired) electrons. The van der Waals surface area contributed by atoms with Gasteiger partial charge in [-0.2, -0.15) is 0 Å². The standard InChI is InChI=1S/C27H30O5/c1-27(28)26(31-19-23-15-9-4-10-16-23)25(30-18-22-13-7-3-8-14-22)24(32-27)20-29-17-21-11-5-2-6-12-21/h2-16,24-26,28H,17-20H2,1H3. The Morgan fingerprint density at radius 2 is 1.19 bits per heavy atom. The van der Waals surface area contributed by atoms with Crippen molar-refractivity contribution >= 4 is 0 Å². The second kappa shape index (κ2) is 10.9. The van der Waals surface area contributed by atoms with Gasteiger partial charge in [0.2, 0.25) is 0 Å². The maximum atomic E-state index is 11.0. The molecule has 1 N–H and O–H groups in total. The second-order valence-corrected chi connectivity index (χ2v) is 8.19. The summed E-state index contributed by atoms with van der Waals surface area (Å²) in [7, 11) is 0. The van der Waals surface area contributed by atoms with Crippen LogP contribution in [0.4, 0.5) is 0 Å². The van der Waals surface area contributed by atoms with Crippen LogP contribution in [0.2, 0.25) is 0 Å². The minimum atomic E-state index is -1.49. The van der Waals surface area contributed by atoms with Crippen molar-refractivity contribution in [2.75, 3.05) is 6.61 Å². The molecule has 3 aromatic carbocycles. The van der Waals surface area contributed by atoms with Crippen LogP contribution in [0.5, 0.6) is 0 Å². The SMILES string of the molecule is CC1(O)OC(COCc2ccccc2)C(OCc2ccccc2)C1OCc1ccccc1. The summed E-state index contributed by atoms with van der Waals surface area (Å²) in [6, 6.07) is 29.8. The molecule has 5 heteroatoms. The first-order valence-corrected chi connectivity index (χ1v) is 10.9. The average Bonchev–Trinajstić information content (AvgIpc) is 3.07. The molecule has 3 aromatic rings.